The second kappa shape index (κ2) is 7.66. The van der Waals surface area contributed by atoms with Crippen molar-refractivity contribution in [1.29, 1.82) is 0 Å². The van der Waals surface area contributed by atoms with Crippen LogP contribution in [0.4, 0.5) is 0 Å². The van der Waals surface area contributed by atoms with E-state index < -0.39 is 17.5 Å². The van der Waals surface area contributed by atoms with Gasteiger partial charge >= 0.3 is 0 Å². The molecule has 0 radical (unpaired) electrons. The first-order valence-electron chi connectivity index (χ1n) is 8.88. The summed E-state index contributed by atoms with van der Waals surface area (Å²) in [6.07, 6.45) is -1.62. The number of ether oxygens (including phenoxy) is 1. The van der Waals surface area contributed by atoms with Crippen LogP contribution in [0.5, 0.6) is 23.0 Å². The summed E-state index contributed by atoms with van der Waals surface area (Å²) in [5.74, 6) is 0.892. The van der Waals surface area contributed by atoms with Crippen molar-refractivity contribution in [1.82, 2.24) is 0 Å². The van der Waals surface area contributed by atoms with Crippen LogP contribution in [-0.2, 0) is 5.75 Å². The van der Waals surface area contributed by atoms with Crippen LogP contribution in [0.3, 0.4) is 0 Å². The monoisotopic (exact) mass is 396 g/mol. The Morgan fingerprint density at radius 1 is 0.857 bits per heavy atom. The predicted molar refractivity (Wildman–Crippen MR) is 108 cm³/mol. The molecule has 144 valence electrons. The summed E-state index contributed by atoms with van der Waals surface area (Å²) in [5.41, 5.74) is 2.28. The van der Waals surface area contributed by atoms with Crippen molar-refractivity contribution >= 4 is 11.8 Å². The quantitative estimate of drug-likeness (QED) is 0.527. The molecule has 0 bridgehead atoms. The van der Waals surface area contributed by atoms with Crippen LogP contribution in [-0.4, -0.2) is 26.5 Å². The molecule has 4 N–H and O–H groups in total. The van der Waals surface area contributed by atoms with E-state index in [4.69, 9.17) is 4.74 Å². The molecule has 0 saturated heterocycles. The molecule has 6 heteroatoms. The van der Waals surface area contributed by atoms with Gasteiger partial charge in [-0.05, 0) is 23.3 Å². The number of fused-ring (bicyclic) bond motifs is 1. The Hall–Kier alpha value is -2.83. The molecule has 5 nitrogen and oxygen atoms in total. The molecule has 1 aliphatic rings. The second-order valence-corrected chi connectivity index (χ2v) is 7.84. The fourth-order valence-corrected chi connectivity index (χ4v) is 4.70. The van der Waals surface area contributed by atoms with E-state index in [2.05, 4.69) is 0 Å². The third-order valence-electron chi connectivity index (χ3n) is 4.76. The highest BCUT2D eigenvalue weighted by Gasteiger charge is 2.40. The summed E-state index contributed by atoms with van der Waals surface area (Å²) in [6, 6.07) is 19.0. The molecule has 3 atom stereocenters. The minimum Gasteiger partial charge on any atom is -0.508 e. The number of thioether (sulfide) groups is 1. The van der Waals surface area contributed by atoms with E-state index in [0.29, 0.717) is 22.6 Å². The summed E-state index contributed by atoms with van der Waals surface area (Å²) in [7, 11) is 0. The summed E-state index contributed by atoms with van der Waals surface area (Å²) < 4.78 is 5.95. The molecular formula is C22H20O5S. The lowest BCUT2D eigenvalue weighted by Crippen LogP contribution is -2.33. The van der Waals surface area contributed by atoms with Crippen molar-refractivity contribution in [2.24, 2.45) is 0 Å². The minimum absolute atomic E-state index is 0.107. The largest absolute Gasteiger partial charge is 0.508 e. The molecular weight excluding hydrogens is 376 g/mol. The first-order valence-corrected chi connectivity index (χ1v) is 9.93. The highest BCUT2D eigenvalue weighted by molar-refractivity contribution is 7.98. The summed E-state index contributed by atoms with van der Waals surface area (Å²) in [6.45, 7) is 0. The maximum absolute atomic E-state index is 11.1. The number of rotatable bonds is 4. The van der Waals surface area contributed by atoms with Crippen LogP contribution in [0.15, 0.2) is 66.7 Å². The van der Waals surface area contributed by atoms with E-state index >= 15 is 0 Å². The fraction of sp³-hybridized carbons (Fsp3) is 0.182. The molecule has 4 rings (SSSR count). The number of aliphatic hydroxyl groups is 1. The molecule has 0 amide bonds. The zero-order valence-corrected chi connectivity index (χ0v) is 15.7. The van der Waals surface area contributed by atoms with Crippen molar-refractivity contribution in [2.45, 2.75) is 23.2 Å². The van der Waals surface area contributed by atoms with Crippen molar-refractivity contribution in [2.75, 3.05) is 0 Å². The molecule has 0 aromatic heterocycles. The number of hydrogen-bond donors (Lipinski definition) is 4. The first-order chi connectivity index (χ1) is 13.5. The maximum Gasteiger partial charge on any atom is 0.151 e. The van der Waals surface area contributed by atoms with Crippen molar-refractivity contribution < 1.29 is 25.2 Å². The molecule has 1 heterocycles. The molecule has 0 unspecified atom stereocenters. The lowest BCUT2D eigenvalue weighted by Gasteiger charge is -2.37. The Morgan fingerprint density at radius 2 is 1.57 bits per heavy atom. The van der Waals surface area contributed by atoms with Crippen molar-refractivity contribution in [3.05, 3.63) is 83.4 Å². The molecule has 0 fully saturated rings. The van der Waals surface area contributed by atoms with Crippen LogP contribution in [0.1, 0.15) is 28.0 Å². The van der Waals surface area contributed by atoms with Gasteiger partial charge in [0.15, 0.2) is 6.10 Å². The topological polar surface area (TPSA) is 90.2 Å². The van der Waals surface area contributed by atoms with Gasteiger partial charge in [-0.3, -0.25) is 0 Å². The SMILES string of the molecule is Oc1ccc([C@H]2Oc3cc(O)cc(O)c3[C@H](SCc3ccccc3)[C@H]2O)cc1. The Bertz CT molecular complexity index is 959. The highest BCUT2D eigenvalue weighted by atomic mass is 32.2. The standard InChI is InChI=1S/C22H20O5S/c23-15-8-6-14(7-9-15)21-20(26)22(28-12-13-4-2-1-3-5-13)19-17(25)10-16(24)11-18(19)27-21/h1-11,20-26H,12H2/t20-,21+,22-/m0/s1. The average Bonchev–Trinajstić information content (AvgIpc) is 2.68. The summed E-state index contributed by atoms with van der Waals surface area (Å²) >= 11 is 1.50. The van der Waals surface area contributed by atoms with Gasteiger partial charge in [-0.2, -0.15) is 0 Å². The minimum atomic E-state index is -0.929. The average molecular weight is 396 g/mol. The molecule has 0 saturated carbocycles. The Kier molecular flexibility index (Phi) is 5.07. The third kappa shape index (κ3) is 3.61. The Morgan fingerprint density at radius 3 is 2.29 bits per heavy atom. The van der Waals surface area contributed by atoms with E-state index in [1.807, 2.05) is 30.3 Å². The predicted octanol–water partition coefficient (Wildman–Crippen LogP) is 4.27. The Labute approximate surface area is 166 Å². The zero-order chi connectivity index (χ0) is 19.7. The van der Waals surface area contributed by atoms with Gasteiger partial charge in [-0.25, -0.2) is 0 Å². The van der Waals surface area contributed by atoms with Gasteiger partial charge in [0, 0.05) is 17.9 Å². The van der Waals surface area contributed by atoms with Crippen LogP contribution < -0.4 is 4.74 Å². The first kappa shape index (κ1) is 18.5. The number of aliphatic hydroxyl groups excluding tert-OH is 1. The van der Waals surface area contributed by atoms with Gasteiger partial charge in [0.25, 0.3) is 0 Å². The maximum atomic E-state index is 11.1. The lowest BCUT2D eigenvalue weighted by atomic mass is 9.93. The smallest absolute Gasteiger partial charge is 0.151 e. The lowest BCUT2D eigenvalue weighted by molar-refractivity contribution is 0.0175. The molecule has 3 aromatic rings. The molecule has 28 heavy (non-hydrogen) atoms. The zero-order valence-electron chi connectivity index (χ0n) is 14.9. The van der Waals surface area contributed by atoms with E-state index in [1.165, 1.54) is 36.0 Å². The van der Waals surface area contributed by atoms with E-state index in [9.17, 15) is 20.4 Å². The second-order valence-electron chi connectivity index (χ2n) is 6.71. The van der Waals surface area contributed by atoms with Gasteiger partial charge in [0.05, 0.1) is 10.8 Å². The molecule has 0 spiro atoms. The van der Waals surface area contributed by atoms with Gasteiger partial charge in [-0.15, -0.1) is 11.8 Å². The van der Waals surface area contributed by atoms with Crippen LogP contribution in [0.2, 0.25) is 0 Å². The van der Waals surface area contributed by atoms with Crippen LogP contribution in [0.25, 0.3) is 0 Å². The number of phenols is 3. The van der Waals surface area contributed by atoms with Crippen LogP contribution >= 0.6 is 11.8 Å². The van der Waals surface area contributed by atoms with E-state index in [1.54, 1.807) is 12.1 Å². The number of aromatic hydroxyl groups is 3. The van der Waals surface area contributed by atoms with Gasteiger partial charge in [0.2, 0.25) is 0 Å². The third-order valence-corrected chi connectivity index (χ3v) is 6.13. The number of phenolic OH excluding ortho intramolecular Hbond substituents is 3. The molecule has 3 aromatic carbocycles. The number of benzene rings is 3. The summed E-state index contributed by atoms with van der Waals surface area (Å²) in [4.78, 5) is 0. The Balaban J connectivity index is 1.70. The van der Waals surface area contributed by atoms with Gasteiger partial charge < -0.3 is 25.2 Å². The summed E-state index contributed by atoms with van der Waals surface area (Å²) in [5, 5.41) is 40.5. The highest BCUT2D eigenvalue weighted by Crippen LogP contribution is 2.52. The number of hydrogen-bond acceptors (Lipinski definition) is 6. The van der Waals surface area contributed by atoms with E-state index in [0.717, 1.165) is 5.56 Å². The molecule has 1 aliphatic heterocycles. The molecule has 0 aliphatic carbocycles. The van der Waals surface area contributed by atoms with Crippen LogP contribution in [0, 0.1) is 0 Å². The van der Waals surface area contributed by atoms with Gasteiger partial charge in [-0.1, -0.05) is 42.5 Å². The van der Waals surface area contributed by atoms with Crippen molar-refractivity contribution in [3.63, 3.8) is 0 Å². The van der Waals surface area contributed by atoms with Gasteiger partial charge in [0.1, 0.15) is 29.1 Å². The van der Waals surface area contributed by atoms with E-state index in [-0.39, 0.29) is 17.2 Å². The normalized spacial score (nSPS) is 21.0. The fourth-order valence-electron chi connectivity index (χ4n) is 3.39. The van der Waals surface area contributed by atoms with Crippen molar-refractivity contribution in [3.8, 4) is 23.0 Å².